The number of aliphatic hydroxyl groups is 1. The normalized spacial score (nSPS) is 15.6. The van der Waals surface area contributed by atoms with Gasteiger partial charge in [0, 0.05) is 18.4 Å². The lowest BCUT2D eigenvalue weighted by molar-refractivity contribution is 0.199. The number of rotatable bonds is 2. The van der Waals surface area contributed by atoms with Crippen LogP contribution in [-0.2, 0) is 6.42 Å². The molecule has 0 bridgehead atoms. The number of aromatic nitrogens is 1. The highest BCUT2D eigenvalue weighted by atomic mass is 16.3. The summed E-state index contributed by atoms with van der Waals surface area (Å²) >= 11 is 0. The standard InChI is InChI=1S/C15H16N2O/c1-11(18)13-6-7-15(16-10-13)17-9-8-12-4-2-3-5-14(12)17/h2-7,10-11,18H,8-9H2,1H3/t11-/m0/s1. The third-order valence-electron chi connectivity index (χ3n) is 3.42. The zero-order valence-corrected chi connectivity index (χ0v) is 10.4. The van der Waals surface area contributed by atoms with E-state index in [4.69, 9.17) is 0 Å². The van der Waals surface area contributed by atoms with Gasteiger partial charge < -0.3 is 10.0 Å². The molecule has 2 aromatic rings. The highest BCUT2D eigenvalue weighted by Gasteiger charge is 2.20. The van der Waals surface area contributed by atoms with E-state index in [-0.39, 0.29) is 0 Å². The Morgan fingerprint density at radius 3 is 2.78 bits per heavy atom. The molecule has 1 aromatic carbocycles. The molecule has 1 N–H and O–H groups in total. The van der Waals surface area contributed by atoms with Crippen molar-refractivity contribution < 1.29 is 5.11 Å². The van der Waals surface area contributed by atoms with Crippen LogP contribution in [0.1, 0.15) is 24.2 Å². The van der Waals surface area contributed by atoms with Gasteiger partial charge in [-0.3, -0.25) is 0 Å². The zero-order chi connectivity index (χ0) is 12.5. The minimum Gasteiger partial charge on any atom is -0.389 e. The van der Waals surface area contributed by atoms with E-state index >= 15 is 0 Å². The van der Waals surface area contributed by atoms with Crippen LogP contribution in [0.2, 0.25) is 0 Å². The summed E-state index contributed by atoms with van der Waals surface area (Å²) in [4.78, 5) is 6.67. The van der Waals surface area contributed by atoms with E-state index in [1.54, 1.807) is 13.1 Å². The molecule has 2 heterocycles. The molecule has 0 radical (unpaired) electrons. The van der Waals surface area contributed by atoms with E-state index in [9.17, 15) is 5.11 Å². The van der Waals surface area contributed by atoms with Gasteiger partial charge in [0.25, 0.3) is 0 Å². The number of aliphatic hydroxyl groups excluding tert-OH is 1. The fourth-order valence-corrected chi connectivity index (χ4v) is 2.38. The molecule has 0 saturated carbocycles. The van der Waals surface area contributed by atoms with Crippen molar-refractivity contribution in [1.29, 1.82) is 0 Å². The Hall–Kier alpha value is -1.87. The topological polar surface area (TPSA) is 36.4 Å². The number of hydrogen-bond acceptors (Lipinski definition) is 3. The third-order valence-corrected chi connectivity index (χ3v) is 3.42. The Labute approximate surface area is 107 Å². The van der Waals surface area contributed by atoms with E-state index in [1.807, 2.05) is 12.1 Å². The summed E-state index contributed by atoms with van der Waals surface area (Å²) in [7, 11) is 0. The van der Waals surface area contributed by atoms with Crippen LogP contribution in [0.4, 0.5) is 11.5 Å². The van der Waals surface area contributed by atoms with Gasteiger partial charge in [-0.25, -0.2) is 4.98 Å². The number of benzene rings is 1. The first-order valence-electron chi connectivity index (χ1n) is 6.25. The average molecular weight is 240 g/mol. The first kappa shape index (κ1) is 11.2. The SMILES string of the molecule is C[C@H](O)c1ccc(N2CCc3ccccc32)nc1. The number of fused-ring (bicyclic) bond motifs is 1. The lowest BCUT2D eigenvalue weighted by atomic mass is 10.2. The maximum atomic E-state index is 9.48. The van der Waals surface area contributed by atoms with Gasteiger partial charge in [0.2, 0.25) is 0 Å². The summed E-state index contributed by atoms with van der Waals surface area (Å²) in [6.07, 6.45) is 2.36. The summed E-state index contributed by atoms with van der Waals surface area (Å²) in [5, 5.41) is 9.48. The van der Waals surface area contributed by atoms with Gasteiger partial charge in [0.1, 0.15) is 5.82 Å². The minimum atomic E-state index is -0.461. The molecule has 3 rings (SSSR count). The number of anilines is 2. The Balaban J connectivity index is 1.93. The van der Waals surface area contributed by atoms with Gasteiger partial charge in [0.15, 0.2) is 0 Å². The van der Waals surface area contributed by atoms with Crippen molar-refractivity contribution in [2.75, 3.05) is 11.4 Å². The molecule has 3 heteroatoms. The van der Waals surface area contributed by atoms with Crippen LogP contribution in [0.3, 0.4) is 0 Å². The van der Waals surface area contributed by atoms with Crippen LogP contribution < -0.4 is 4.90 Å². The molecular weight excluding hydrogens is 224 g/mol. The smallest absolute Gasteiger partial charge is 0.132 e. The fraction of sp³-hybridized carbons (Fsp3) is 0.267. The largest absolute Gasteiger partial charge is 0.389 e. The zero-order valence-electron chi connectivity index (χ0n) is 10.4. The summed E-state index contributed by atoms with van der Waals surface area (Å²) in [5.41, 5.74) is 3.47. The molecule has 0 fully saturated rings. The summed E-state index contributed by atoms with van der Waals surface area (Å²) in [6, 6.07) is 12.3. The number of nitrogens with zero attached hydrogens (tertiary/aromatic N) is 2. The highest BCUT2D eigenvalue weighted by Crippen LogP contribution is 2.33. The van der Waals surface area contributed by atoms with Crippen molar-refractivity contribution in [2.24, 2.45) is 0 Å². The molecule has 0 amide bonds. The van der Waals surface area contributed by atoms with Crippen LogP contribution in [0, 0.1) is 0 Å². The molecular formula is C15H16N2O. The number of pyridine rings is 1. The predicted molar refractivity (Wildman–Crippen MR) is 72.0 cm³/mol. The van der Waals surface area contributed by atoms with E-state index in [0.717, 1.165) is 24.3 Å². The maximum Gasteiger partial charge on any atom is 0.132 e. The van der Waals surface area contributed by atoms with E-state index in [2.05, 4.69) is 34.1 Å². The molecule has 18 heavy (non-hydrogen) atoms. The van der Waals surface area contributed by atoms with Gasteiger partial charge in [0.05, 0.1) is 6.10 Å². The Kier molecular flexibility index (Phi) is 2.76. The monoisotopic (exact) mass is 240 g/mol. The van der Waals surface area contributed by atoms with Crippen molar-refractivity contribution in [3.05, 3.63) is 53.7 Å². The second-order valence-corrected chi connectivity index (χ2v) is 4.66. The molecule has 1 aliphatic rings. The van der Waals surface area contributed by atoms with Crippen molar-refractivity contribution >= 4 is 11.5 Å². The van der Waals surface area contributed by atoms with Crippen molar-refractivity contribution in [3.63, 3.8) is 0 Å². The second kappa shape index (κ2) is 4.42. The predicted octanol–water partition coefficient (Wildman–Crippen LogP) is 2.83. The van der Waals surface area contributed by atoms with E-state index in [0.29, 0.717) is 0 Å². The Morgan fingerprint density at radius 1 is 1.22 bits per heavy atom. The Bertz CT molecular complexity index is 549. The van der Waals surface area contributed by atoms with Crippen molar-refractivity contribution in [2.45, 2.75) is 19.4 Å². The molecule has 3 nitrogen and oxygen atoms in total. The summed E-state index contributed by atoms with van der Waals surface area (Å²) < 4.78 is 0. The maximum absolute atomic E-state index is 9.48. The van der Waals surface area contributed by atoms with Gasteiger partial charge >= 0.3 is 0 Å². The molecule has 0 unspecified atom stereocenters. The molecule has 1 aliphatic heterocycles. The van der Waals surface area contributed by atoms with Crippen LogP contribution in [0.25, 0.3) is 0 Å². The van der Waals surface area contributed by atoms with E-state index < -0.39 is 6.10 Å². The van der Waals surface area contributed by atoms with Gasteiger partial charge in [-0.05, 0) is 36.6 Å². The van der Waals surface area contributed by atoms with Crippen molar-refractivity contribution in [1.82, 2.24) is 4.98 Å². The summed E-state index contributed by atoms with van der Waals surface area (Å²) in [6.45, 7) is 2.72. The minimum absolute atomic E-state index is 0.461. The quantitative estimate of drug-likeness (QED) is 0.877. The second-order valence-electron chi connectivity index (χ2n) is 4.66. The third kappa shape index (κ3) is 1.87. The first-order valence-corrected chi connectivity index (χ1v) is 6.25. The summed E-state index contributed by atoms with van der Waals surface area (Å²) in [5.74, 6) is 0.948. The van der Waals surface area contributed by atoms with Crippen LogP contribution in [0.5, 0.6) is 0 Å². The first-order chi connectivity index (χ1) is 8.75. The lowest BCUT2D eigenvalue weighted by Crippen LogP contribution is -2.14. The van der Waals surface area contributed by atoms with Crippen molar-refractivity contribution in [3.8, 4) is 0 Å². The fourth-order valence-electron chi connectivity index (χ4n) is 2.38. The van der Waals surface area contributed by atoms with Crippen LogP contribution >= 0.6 is 0 Å². The van der Waals surface area contributed by atoms with Gasteiger partial charge in [-0.1, -0.05) is 24.3 Å². The highest BCUT2D eigenvalue weighted by molar-refractivity contribution is 5.67. The van der Waals surface area contributed by atoms with Gasteiger partial charge in [-0.2, -0.15) is 0 Å². The number of hydrogen-bond donors (Lipinski definition) is 1. The van der Waals surface area contributed by atoms with Gasteiger partial charge in [-0.15, -0.1) is 0 Å². The average Bonchev–Trinajstić information content (AvgIpc) is 2.82. The molecule has 1 atom stereocenters. The molecule has 0 spiro atoms. The molecule has 0 aliphatic carbocycles. The molecule has 92 valence electrons. The lowest BCUT2D eigenvalue weighted by Gasteiger charge is -2.18. The Morgan fingerprint density at radius 2 is 2.06 bits per heavy atom. The van der Waals surface area contributed by atoms with Crippen LogP contribution in [0.15, 0.2) is 42.6 Å². The molecule has 0 saturated heterocycles. The van der Waals surface area contributed by atoms with E-state index in [1.165, 1.54) is 11.3 Å². The van der Waals surface area contributed by atoms with Crippen LogP contribution in [-0.4, -0.2) is 16.6 Å². The molecule has 1 aromatic heterocycles. The number of para-hydroxylation sites is 1.